The highest BCUT2D eigenvalue weighted by molar-refractivity contribution is 7.80. The third-order valence-corrected chi connectivity index (χ3v) is 7.89. The van der Waals surface area contributed by atoms with E-state index in [1.165, 1.54) is 5.56 Å². The zero-order valence-electron chi connectivity index (χ0n) is 23.2. The van der Waals surface area contributed by atoms with Crippen LogP contribution in [0.4, 0.5) is 0 Å². The zero-order valence-corrected chi connectivity index (χ0v) is 24.8. The second-order valence-corrected chi connectivity index (χ2v) is 10.8. The minimum Gasteiger partial charge on any atom is -0.481 e. The normalized spacial score (nSPS) is 13.1. The van der Waals surface area contributed by atoms with Crippen molar-refractivity contribution in [1.29, 1.82) is 0 Å². The van der Waals surface area contributed by atoms with E-state index in [-0.39, 0.29) is 5.41 Å². The van der Waals surface area contributed by atoms with Crippen LogP contribution in [0, 0.1) is 5.41 Å². The van der Waals surface area contributed by atoms with Gasteiger partial charge in [0.05, 0.1) is 17.6 Å². The summed E-state index contributed by atoms with van der Waals surface area (Å²) in [5.74, 6) is 0.0285. The first-order valence-corrected chi connectivity index (χ1v) is 14.5. The molecular weight excluding hydrogens is 554 g/mol. The van der Waals surface area contributed by atoms with Crippen molar-refractivity contribution < 1.29 is 19.8 Å². The molecule has 0 bridgehead atoms. The van der Waals surface area contributed by atoms with Gasteiger partial charge in [0, 0.05) is 23.1 Å². The number of carboxylic acid groups (broad SMARTS) is 1. The maximum Gasteiger partial charge on any atom is 0.303 e. The van der Waals surface area contributed by atoms with E-state index in [2.05, 4.69) is 54.0 Å². The highest BCUT2D eigenvalue weighted by Crippen LogP contribution is 2.49. The molecule has 1 aromatic heterocycles. The van der Waals surface area contributed by atoms with Crippen molar-refractivity contribution in [2.24, 2.45) is 5.41 Å². The smallest absolute Gasteiger partial charge is 0.303 e. The van der Waals surface area contributed by atoms with Crippen molar-refractivity contribution in [1.82, 2.24) is 4.98 Å². The van der Waals surface area contributed by atoms with Crippen LogP contribution in [0.15, 0.2) is 78.9 Å². The van der Waals surface area contributed by atoms with Crippen molar-refractivity contribution in [3.63, 3.8) is 0 Å². The molecule has 214 valence electrons. The van der Waals surface area contributed by atoms with Gasteiger partial charge >= 0.3 is 5.97 Å². The lowest BCUT2D eigenvalue weighted by Gasteiger charge is -2.06. The molecule has 4 aromatic rings. The third kappa shape index (κ3) is 10.2. The second kappa shape index (κ2) is 16.1. The van der Waals surface area contributed by atoms with Gasteiger partial charge in [0.1, 0.15) is 6.29 Å². The summed E-state index contributed by atoms with van der Waals surface area (Å²) in [5, 5.41) is 17.2. The Balaban J connectivity index is 0.000000355. The summed E-state index contributed by atoms with van der Waals surface area (Å²) < 4.78 is 0. The van der Waals surface area contributed by atoms with Gasteiger partial charge in [-0.05, 0) is 84.2 Å². The van der Waals surface area contributed by atoms with E-state index in [1.54, 1.807) is 0 Å². The molecule has 0 unspecified atom stereocenters. The maximum atomic E-state index is 11.2. The number of aliphatic hydroxyl groups excluding tert-OH is 1. The van der Waals surface area contributed by atoms with E-state index in [1.807, 2.05) is 54.6 Å². The Morgan fingerprint density at radius 3 is 2.41 bits per heavy atom. The highest BCUT2D eigenvalue weighted by atomic mass is 35.5. The molecule has 1 fully saturated rings. The molecule has 41 heavy (non-hydrogen) atoms. The molecule has 2 N–H and O–H groups in total. The van der Waals surface area contributed by atoms with Crippen LogP contribution in [-0.2, 0) is 17.6 Å². The van der Waals surface area contributed by atoms with Gasteiger partial charge in [-0.1, -0.05) is 78.3 Å². The molecule has 5 rings (SSSR count). The number of aldehydes is 1. The summed E-state index contributed by atoms with van der Waals surface area (Å²) in [6.07, 6.45) is 10.3. The molecule has 5 nitrogen and oxygen atoms in total. The number of thiol groups is 1. The first-order chi connectivity index (χ1) is 19.9. The van der Waals surface area contributed by atoms with E-state index >= 15 is 0 Å². The van der Waals surface area contributed by atoms with Crippen LogP contribution < -0.4 is 0 Å². The summed E-state index contributed by atoms with van der Waals surface area (Å²) in [6.45, 7) is 0. The van der Waals surface area contributed by atoms with E-state index < -0.39 is 5.97 Å². The molecule has 7 heteroatoms. The highest BCUT2D eigenvalue weighted by Gasteiger charge is 2.42. The van der Waals surface area contributed by atoms with Crippen LogP contribution in [0.2, 0.25) is 5.02 Å². The van der Waals surface area contributed by atoms with Crippen molar-refractivity contribution >= 4 is 59.5 Å². The topological polar surface area (TPSA) is 87.5 Å². The quantitative estimate of drug-likeness (QED) is 0.130. The van der Waals surface area contributed by atoms with Gasteiger partial charge in [-0.3, -0.25) is 9.59 Å². The molecular formula is C34H36ClNO4S. The number of hydrogen-bond acceptors (Lipinski definition) is 5. The summed E-state index contributed by atoms with van der Waals surface area (Å²) in [4.78, 5) is 26.0. The van der Waals surface area contributed by atoms with E-state index in [9.17, 15) is 9.59 Å². The van der Waals surface area contributed by atoms with Gasteiger partial charge in [0.25, 0.3) is 0 Å². The summed E-state index contributed by atoms with van der Waals surface area (Å²) in [5.41, 5.74) is 6.22. The van der Waals surface area contributed by atoms with Crippen molar-refractivity contribution in [2.75, 3.05) is 12.9 Å². The third-order valence-electron chi connectivity index (χ3n) is 6.99. The Bertz CT molecular complexity index is 1480. The zero-order chi connectivity index (χ0) is 29.7. The molecule has 1 saturated carbocycles. The molecule has 3 aromatic carbocycles. The lowest BCUT2D eigenvalue weighted by molar-refractivity contribution is -0.138. The van der Waals surface area contributed by atoms with Crippen LogP contribution >= 0.6 is 24.2 Å². The fraction of sp³-hybridized carbons (Fsp3) is 0.265. The first-order valence-electron chi connectivity index (χ1n) is 13.5. The predicted molar refractivity (Wildman–Crippen MR) is 172 cm³/mol. The molecule has 0 amide bonds. The number of aliphatic hydroxyl groups is 1. The Hall–Kier alpha value is -3.45. The van der Waals surface area contributed by atoms with Crippen LogP contribution in [-0.4, -0.2) is 40.3 Å². The number of carbonyl (C=O) groups excluding carboxylic acids is 1. The number of pyridine rings is 1. The van der Waals surface area contributed by atoms with Crippen LogP contribution in [0.5, 0.6) is 0 Å². The number of aliphatic carboxylic acids is 1. The number of nitrogens with zero attached hydrogens (tertiary/aromatic N) is 1. The molecule has 0 saturated heterocycles. The summed E-state index contributed by atoms with van der Waals surface area (Å²) >= 11 is 10.2. The van der Waals surface area contributed by atoms with Crippen LogP contribution in [0.25, 0.3) is 23.1 Å². The number of fused-ring (bicyclic) bond motifs is 1. The van der Waals surface area contributed by atoms with Gasteiger partial charge in [-0.25, -0.2) is 4.98 Å². The number of benzene rings is 3. The lowest BCUT2D eigenvalue weighted by Crippen LogP contribution is -2.09. The van der Waals surface area contributed by atoms with Gasteiger partial charge in [0.15, 0.2) is 0 Å². The molecule has 1 aliphatic carbocycles. The van der Waals surface area contributed by atoms with Gasteiger partial charge in [-0.2, -0.15) is 12.6 Å². The van der Waals surface area contributed by atoms with E-state index in [4.69, 9.17) is 21.8 Å². The Morgan fingerprint density at radius 2 is 1.73 bits per heavy atom. The minimum absolute atomic E-state index is 0.0783. The molecule has 0 atom stereocenters. The van der Waals surface area contributed by atoms with Crippen molar-refractivity contribution in [2.45, 2.75) is 38.5 Å². The first kappa shape index (κ1) is 32.1. The minimum atomic E-state index is -0.693. The maximum absolute atomic E-state index is 11.2. The van der Waals surface area contributed by atoms with Crippen molar-refractivity contribution in [3.05, 3.63) is 112 Å². The van der Waals surface area contributed by atoms with E-state index in [0.29, 0.717) is 11.4 Å². The fourth-order valence-electron chi connectivity index (χ4n) is 4.48. The Kier molecular flexibility index (Phi) is 12.6. The fourth-order valence-corrected chi connectivity index (χ4v) is 5.08. The SMILES string of the molecule is CO.O=C(O)CC1(CS)CC1.O=Cc1ccccc1CCCc1cccc(/C=C/c2ccc3ccc(Cl)cc3n2)c1. The van der Waals surface area contributed by atoms with Gasteiger partial charge < -0.3 is 10.2 Å². The molecule has 0 aliphatic heterocycles. The van der Waals surface area contributed by atoms with Crippen molar-refractivity contribution in [3.8, 4) is 0 Å². The number of carboxylic acids is 1. The summed E-state index contributed by atoms with van der Waals surface area (Å²) in [6, 6.07) is 26.2. The van der Waals surface area contributed by atoms with Gasteiger partial charge in [0.2, 0.25) is 0 Å². The Morgan fingerprint density at radius 1 is 0.976 bits per heavy atom. The molecule has 0 spiro atoms. The van der Waals surface area contributed by atoms with Gasteiger partial charge in [-0.15, -0.1) is 0 Å². The van der Waals surface area contributed by atoms with Crippen LogP contribution in [0.3, 0.4) is 0 Å². The van der Waals surface area contributed by atoms with Crippen LogP contribution in [0.1, 0.15) is 58.4 Å². The largest absolute Gasteiger partial charge is 0.481 e. The number of aromatic nitrogens is 1. The average molecular weight is 590 g/mol. The molecule has 1 heterocycles. The predicted octanol–water partition coefficient (Wildman–Crippen LogP) is 7.83. The summed E-state index contributed by atoms with van der Waals surface area (Å²) in [7, 11) is 1.00. The number of halogens is 1. The standard InChI is InChI=1S/C27H22ClNO.C6H10O2S.CH4O/c28-25-14-12-23-13-16-26(29-27(23)18-25)15-11-21-6-3-5-20(17-21)7-4-10-22-8-1-2-9-24(22)19-30;7-5(8)3-6(4-9)1-2-6;1-2/h1-3,5-6,8-9,11-19H,4,7,10H2;9H,1-4H2,(H,7,8);2H,1H3/b15-11+;;. The number of aryl methyl sites for hydroxylation is 2. The molecule has 0 radical (unpaired) electrons. The number of rotatable bonds is 10. The van der Waals surface area contributed by atoms with E-state index in [0.717, 1.165) is 84.5 Å². The number of hydrogen-bond donors (Lipinski definition) is 3. The second-order valence-electron chi connectivity index (χ2n) is 10.1. The number of carbonyl (C=O) groups is 2. The lowest BCUT2D eigenvalue weighted by atomic mass is 9.99. The average Bonchev–Trinajstić information content (AvgIpc) is 3.77. The molecule has 1 aliphatic rings. The Labute approximate surface area is 252 Å². The monoisotopic (exact) mass is 589 g/mol.